The maximum Gasteiger partial charge on any atom is 0.300 e. The summed E-state index contributed by atoms with van der Waals surface area (Å²) in [5, 5.41) is 5.74. The second kappa shape index (κ2) is 6.06. The number of carbonyl (C=O) groups is 1. The van der Waals surface area contributed by atoms with E-state index >= 15 is 0 Å². The normalized spacial score (nSPS) is 10.8. The van der Waals surface area contributed by atoms with E-state index < -0.39 is 11.7 Å². The first kappa shape index (κ1) is 15.6. The van der Waals surface area contributed by atoms with Crippen molar-refractivity contribution < 1.29 is 13.6 Å². The molecule has 0 spiro atoms. The quantitative estimate of drug-likeness (QED) is 0.733. The van der Waals surface area contributed by atoms with Crippen molar-refractivity contribution in [1.82, 2.24) is 10.3 Å². The molecule has 1 amide bonds. The van der Waals surface area contributed by atoms with Crippen LogP contribution in [0.15, 0.2) is 34.7 Å². The zero-order chi connectivity index (χ0) is 16.6. The van der Waals surface area contributed by atoms with Gasteiger partial charge in [0, 0.05) is 13.1 Å². The highest BCUT2D eigenvalue weighted by molar-refractivity contribution is 6.42. The molecule has 8 heteroatoms. The molecule has 0 bridgehead atoms. The highest BCUT2D eigenvalue weighted by Crippen LogP contribution is 2.30. The monoisotopic (exact) mass is 353 g/mol. The van der Waals surface area contributed by atoms with Gasteiger partial charge < -0.3 is 15.1 Å². The lowest BCUT2D eigenvalue weighted by molar-refractivity contribution is 0.0959. The zero-order valence-electron chi connectivity index (χ0n) is 11.8. The van der Waals surface area contributed by atoms with Gasteiger partial charge in [-0.1, -0.05) is 29.3 Å². The molecule has 5 nitrogen and oxygen atoms in total. The van der Waals surface area contributed by atoms with Crippen LogP contribution in [0, 0.1) is 5.82 Å². The van der Waals surface area contributed by atoms with Gasteiger partial charge in [-0.15, -0.1) is 0 Å². The van der Waals surface area contributed by atoms with Crippen molar-refractivity contribution >= 4 is 51.9 Å². The Labute approximate surface area is 140 Å². The van der Waals surface area contributed by atoms with Crippen LogP contribution in [-0.2, 0) is 0 Å². The van der Waals surface area contributed by atoms with E-state index in [4.69, 9.17) is 27.6 Å². The fourth-order valence-corrected chi connectivity index (χ4v) is 2.34. The van der Waals surface area contributed by atoms with E-state index in [1.165, 1.54) is 25.2 Å². The standard InChI is InChI=1S/C15H10Cl2FN3O2/c1-19-14(22)7-3-2-4-10(13(7)18)20-15-21-11-5-8(16)9(17)6-12(11)23-15/h2-6H,1H3,(H,19,22)(H,20,21). The molecule has 0 unspecified atom stereocenters. The van der Waals surface area contributed by atoms with Gasteiger partial charge in [-0.05, 0) is 18.2 Å². The van der Waals surface area contributed by atoms with Gasteiger partial charge in [0.2, 0.25) is 0 Å². The van der Waals surface area contributed by atoms with Crippen LogP contribution in [0.1, 0.15) is 10.4 Å². The van der Waals surface area contributed by atoms with E-state index in [0.717, 1.165) is 0 Å². The molecule has 0 atom stereocenters. The van der Waals surface area contributed by atoms with Crippen molar-refractivity contribution in [3.63, 3.8) is 0 Å². The van der Waals surface area contributed by atoms with Crippen LogP contribution in [0.3, 0.4) is 0 Å². The molecule has 2 N–H and O–H groups in total. The molecule has 3 rings (SSSR count). The molecule has 0 aliphatic rings. The lowest BCUT2D eigenvalue weighted by Gasteiger charge is -2.07. The van der Waals surface area contributed by atoms with Crippen molar-refractivity contribution in [3.8, 4) is 0 Å². The van der Waals surface area contributed by atoms with E-state index in [1.807, 2.05) is 0 Å². The highest BCUT2D eigenvalue weighted by Gasteiger charge is 2.16. The number of benzene rings is 2. The molecule has 0 saturated carbocycles. The number of hydrogen-bond acceptors (Lipinski definition) is 4. The Morgan fingerprint density at radius 1 is 1.26 bits per heavy atom. The average molecular weight is 354 g/mol. The van der Waals surface area contributed by atoms with Gasteiger partial charge in [0.05, 0.1) is 21.3 Å². The van der Waals surface area contributed by atoms with Crippen LogP contribution in [0.2, 0.25) is 10.0 Å². The van der Waals surface area contributed by atoms with E-state index in [-0.39, 0.29) is 17.3 Å². The van der Waals surface area contributed by atoms with Gasteiger partial charge in [0.25, 0.3) is 11.9 Å². The second-order valence-corrected chi connectivity index (χ2v) is 5.44. The van der Waals surface area contributed by atoms with Crippen molar-refractivity contribution in [1.29, 1.82) is 0 Å². The number of oxazole rings is 1. The fourth-order valence-electron chi connectivity index (χ4n) is 2.03. The molecule has 2 aromatic carbocycles. The van der Waals surface area contributed by atoms with E-state index in [0.29, 0.717) is 21.1 Å². The van der Waals surface area contributed by atoms with E-state index in [2.05, 4.69) is 15.6 Å². The number of rotatable bonds is 3. The second-order valence-electron chi connectivity index (χ2n) is 4.62. The average Bonchev–Trinajstić information content (AvgIpc) is 2.90. The van der Waals surface area contributed by atoms with Gasteiger partial charge in [-0.25, -0.2) is 4.39 Å². The summed E-state index contributed by atoms with van der Waals surface area (Å²) in [6, 6.07) is 7.53. The van der Waals surface area contributed by atoms with Crippen LogP contribution < -0.4 is 10.6 Å². The van der Waals surface area contributed by atoms with Crippen LogP contribution in [0.4, 0.5) is 16.1 Å². The fraction of sp³-hybridized carbons (Fsp3) is 0.0667. The predicted octanol–water partition coefficient (Wildman–Crippen LogP) is 4.38. The maximum atomic E-state index is 14.3. The topological polar surface area (TPSA) is 67.2 Å². The molecule has 0 radical (unpaired) electrons. The number of hydrogen-bond donors (Lipinski definition) is 2. The summed E-state index contributed by atoms with van der Waals surface area (Å²) < 4.78 is 19.8. The Bertz CT molecular complexity index is 872. The lowest BCUT2D eigenvalue weighted by Crippen LogP contribution is -2.19. The molecule has 0 aliphatic carbocycles. The minimum atomic E-state index is -0.704. The lowest BCUT2D eigenvalue weighted by atomic mass is 10.1. The first-order chi connectivity index (χ1) is 11.0. The number of carbonyl (C=O) groups excluding carboxylic acids is 1. The summed E-state index contributed by atoms with van der Waals surface area (Å²) in [6.45, 7) is 0. The number of nitrogens with zero attached hydrogens (tertiary/aromatic N) is 1. The Morgan fingerprint density at radius 2 is 2.00 bits per heavy atom. The summed E-state index contributed by atoms with van der Waals surface area (Å²) in [5.41, 5.74) is 0.865. The first-order valence-corrected chi connectivity index (χ1v) is 7.28. The smallest absolute Gasteiger partial charge is 0.300 e. The van der Waals surface area contributed by atoms with Gasteiger partial charge in [-0.3, -0.25) is 4.79 Å². The van der Waals surface area contributed by atoms with Crippen LogP contribution in [0.25, 0.3) is 11.1 Å². The van der Waals surface area contributed by atoms with Gasteiger partial charge in [0.15, 0.2) is 11.4 Å². The minimum Gasteiger partial charge on any atom is -0.423 e. The Hall–Kier alpha value is -2.31. The largest absolute Gasteiger partial charge is 0.423 e. The van der Waals surface area contributed by atoms with Crippen LogP contribution in [-0.4, -0.2) is 17.9 Å². The number of aromatic nitrogens is 1. The number of halogens is 3. The third-order valence-corrected chi connectivity index (χ3v) is 3.86. The van der Waals surface area contributed by atoms with E-state index in [1.54, 1.807) is 12.1 Å². The molecular weight excluding hydrogens is 344 g/mol. The molecule has 0 saturated heterocycles. The number of amides is 1. The van der Waals surface area contributed by atoms with Crippen molar-refractivity contribution in [2.75, 3.05) is 12.4 Å². The summed E-state index contributed by atoms with van der Waals surface area (Å²) in [5.74, 6) is -1.23. The van der Waals surface area contributed by atoms with Crippen molar-refractivity contribution in [2.24, 2.45) is 0 Å². The molecule has 118 valence electrons. The molecule has 0 fully saturated rings. The highest BCUT2D eigenvalue weighted by atomic mass is 35.5. The summed E-state index contributed by atoms with van der Waals surface area (Å²) >= 11 is 11.8. The molecule has 0 aliphatic heterocycles. The van der Waals surface area contributed by atoms with Gasteiger partial charge in [0.1, 0.15) is 5.52 Å². The van der Waals surface area contributed by atoms with Gasteiger partial charge in [-0.2, -0.15) is 4.98 Å². The molecule has 3 aromatic rings. The Kier molecular flexibility index (Phi) is 4.11. The number of nitrogens with one attached hydrogen (secondary N) is 2. The summed E-state index contributed by atoms with van der Waals surface area (Å²) in [4.78, 5) is 15.8. The number of fused-ring (bicyclic) bond motifs is 1. The predicted molar refractivity (Wildman–Crippen MR) is 87.1 cm³/mol. The molecular formula is C15H10Cl2FN3O2. The Morgan fingerprint density at radius 3 is 2.74 bits per heavy atom. The third kappa shape index (κ3) is 2.95. The zero-order valence-corrected chi connectivity index (χ0v) is 13.3. The van der Waals surface area contributed by atoms with Gasteiger partial charge >= 0.3 is 0 Å². The molecule has 23 heavy (non-hydrogen) atoms. The van der Waals surface area contributed by atoms with E-state index in [9.17, 15) is 9.18 Å². The molecule has 1 aromatic heterocycles. The summed E-state index contributed by atoms with van der Waals surface area (Å²) in [7, 11) is 1.43. The van der Waals surface area contributed by atoms with Crippen LogP contribution >= 0.6 is 23.2 Å². The number of anilines is 2. The van der Waals surface area contributed by atoms with Crippen molar-refractivity contribution in [2.45, 2.75) is 0 Å². The summed E-state index contributed by atoms with van der Waals surface area (Å²) in [6.07, 6.45) is 0. The SMILES string of the molecule is CNC(=O)c1cccc(Nc2nc3cc(Cl)c(Cl)cc3o2)c1F. The van der Waals surface area contributed by atoms with Crippen LogP contribution in [0.5, 0.6) is 0 Å². The first-order valence-electron chi connectivity index (χ1n) is 6.53. The third-order valence-electron chi connectivity index (χ3n) is 3.14. The van der Waals surface area contributed by atoms with Crippen molar-refractivity contribution in [3.05, 3.63) is 51.8 Å². The Balaban J connectivity index is 1.98. The maximum absolute atomic E-state index is 14.3. The molecule has 1 heterocycles. The minimum absolute atomic E-state index is 0.0614.